The fraction of sp³-hybridized carbons (Fsp3) is 0.545. The van der Waals surface area contributed by atoms with Crippen LogP contribution in [0, 0.1) is 5.92 Å². The van der Waals surface area contributed by atoms with Crippen molar-refractivity contribution in [1.29, 1.82) is 0 Å². The van der Waals surface area contributed by atoms with Gasteiger partial charge in [-0.2, -0.15) is 0 Å². The number of rotatable bonds is 4. The van der Waals surface area contributed by atoms with Crippen molar-refractivity contribution in [3.05, 3.63) is 36.3 Å². The molecule has 1 aliphatic heterocycles. The van der Waals surface area contributed by atoms with Gasteiger partial charge in [0, 0.05) is 56.7 Å². The Morgan fingerprint density at radius 1 is 1.32 bits per heavy atom. The molecular weight excluding hydrogens is 368 g/mol. The molecule has 1 saturated heterocycles. The van der Waals surface area contributed by atoms with E-state index < -0.39 is 0 Å². The molecule has 0 aliphatic carbocycles. The standard InChI is InChI=1S/C22H32N4OS/c1-22(2,3)20-24-19(15-26(20)14-16-9-11-27-12-10-16)17-7-6-8-18(13-17)25(5)21(28)23-4/h6-8,13,15-16H,9-12,14H2,1-5H3,(H,23,28). The van der Waals surface area contributed by atoms with Gasteiger partial charge >= 0.3 is 0 Å². The van der Waals surface area contributed by atoms with E-state index in [0.717, 1.165) is 55.4 Å². The van der Waals surface area contributed by atoms with Crippen LogP contribution >= 0.6 is 12.2 Å². The molecule has 0 saturated carbocycles. The lowest BCUT2D eigenvalue weighted by Crippen LogP contribution is -2.34. The quantitative estimate of drug-likeness (QED) is 0.779. The monoisotopic (exact) mass is 400 g/mol. The molecule has 5 nitrogen and oxygen atoms in total. The summed E-state index contributed by atoms with van der Waals surface area (Å²) >= 11 is 5.37. The minimum Gasteiger partial charge on any atom is -0.381 e. The molecule has 2 heterocycles. The Hall–Kier alpha value is -1.92. The van der Waals surface area contributed by atoms with E-state index in [-0.39, 0.29) is 5.41 Å². The van der Waals surface area contributed by atoms with Gasteiger partial charge < -0.3 is 19.5 Å². The number of benzene rings is 1. The zero-order chi connectivity index (χ0) is 20.3. The van der Waals surface area contributed by atoms with Crippen LogP contribution in [0.25, 0.3) is 11.3 Å². The minimum atomic E-state index is -0.00842. The third-order valence-corrected chi connectivity index (χ3v) is 5.77. The summed E-state index contributed by atoms with van der Waals surface area (Å²) in [4.78, 5) is 7.02. The minimum absolute atomic E-state index is 0.00842. The first-order valence-corrected chi connectivity index (χ1v) is 10.4. The molecule has 28 heavy (non-hydrogen) atoms. The van der Waals surface area contributed by atoms with Gasteiger partial charge in [0.25, 0.3) is 0 Å². The molecule has 0 amide bonds. The molecule has 3 rings (SSSR count). The van der Waals surface area contributed by atoms with E-state index >= 15 is 0 Å². The number of hydrogen-bond acceptors (Lipinski definition) is 3. The molecule has 6 heteroatoms. The summed E-state index contributed by atoms with van der Waals surface area (Å²) in [7, 11) is 3.82. The average Bonchev–Trinajstić information content (AvgIpc) is 3.12. The topological polar surface area (TPSA) is 42.3 Å². The number of hydrogen-bond donors (Lipinski definition) is 1. The van der Waals surface area contributed by atoms with E-state index in [4.69, 9.17) is 21.9 Å². The molecule has 0 unspecified atom stereocenters. The number of anilines is 1. The lowest BCUT2D eigenvalue weighted by atomic mass is 9.94. The van der Waals surface area contributed by atoms with Gasteiger partial charge in [-0.1, -0.05) is 32.9 Å². The predicted octanol–water partition coefficient (Wildman–Crippen LogP) is 4.21. The molecule has 1 aromatic heterocycles. The summed E-state index contributed by atoms with van der Waals surface area (Å²) < 4.78 is 7.89. The van der Waals surface area contributed by atoms with Gasteiger partial charge in [-0.3, -0.25) is 0 Å². The fourth-order valence-electron chi connectivity index (χ4n) is 3.66. The highest BCUT2D eigenvalue weighted by molar-refractivity contribution is 7.80. The van der Waals surface area contributed by atoms with Crippen molar-refractivity contribution in [2.24, 2.45) is 5.92 Å². The summed E-state index contributed by atoms with van der Waals surface area (Å²) in [5.41, 5.74) is 3.17. The summed E-state index contributed by atoms with van der Waals surface area (Å²) in [5.74, 6) is 1.79. The predicted molar refractivity (Wildman–Crippen MR) is 120 cm³/mol. The van der Waals surface area contributed by atoms with Crippen LogP contribution < -0.4 is 10.2 Å². The number of thiocarbonyl (C=S) groups is 1. The number of nitrogens with zero attached hydrogens (tertiary/aromatic N) is 3. The highest BCUT2D eigenvalue weighted by Gasteiger charge is 2.24. The molecule has 0 atom stereocenters. The van der Waals surface area contributed by atoms with Crippen molar-refractivity contribution >= 4 is 23.0 Å². The molecule has 0 bridgehead atoms. The van der Waals surface area contributed by atoms with Crippen LogP contribution in [0.1, 0.15) is 39.4 Å². The van der Waals surface area contributed by atoms with Crippen LogP contribution in [0.15, 0.2) is 30.5 Å². The van der Waals surface area contributed by atoms with E-state index in [1.165, 1.54) is 0 Å². The number of imidazole rings is 1. The molecule has 0 spiro atoms. The van der Waals surface area contributed by atoms with Crippen molar-refractivity contribution in [3.8, 4) is 11.3 Å². The number of nitrogens with one attached hydrogen (secondary N) is 1. The molecule has 2 aromatic rings. The molecule has 1 aromatic carbocycles. The van der Waals surface area contributed by atoms with E-state index in [0.29, 0.717) is 11.0 Å². The first-order valence-electron chi connectivity index (χ1n) is 10.0. The van der Waals surface area contributed by atoms with Crippen LogP contribution in [-0.4, -0.2) is 42.0 Å². The SMILES string of the molecule is CNC(=S)N(C)c1cccc(-c2cn(CC3CCOCC3)c(C(C)(C)C)n2)c1. The molecular formula is C22H32N4OS. The Balaban J connectivity index is 1.93. The Labute approximate surface area is 174 Å². The highest BCUT2D eigenvalue weighted by Crippen LogP contribution is 2.30. The first kappa shape index (κ1) is 20.8. The van der Waals surface area contributed by atoms with Gasteiger partial charge in [0.15, 0.2) is 5.11 Å². The van der Waals surface area contributed by atoms with Crippen molar-refractivity contribution in [2.75, 3.05) is 32.2 Å². The van der Waals surface area contributed by atoms with E-state index in [1.807, 2.05) is 19.0 Å². The van der Waals surface area contributed by atoms with E-state index in [9.17, 15) is 0 Å². The van der Waals surface area contributed by atoms with Crippen LogP contribution in [-0.2, 0) is 16.7 Å². The van der Waals surface area contributed by atoms with Gasteiger partial charge in [0.1, 0.15) is 5.82 Å². The van der Waals surface area contributed by atoms with Crippen LogP contribution in [0.2, 0.25) is 0 Å². The number of aromatic nitrogens is 2. The Kier molecular flexibility index (Phi) is 6.40. The maximum absolute atomic E-state index is 5.53. The van der Waals surface area contributed by atoms with E-state index in [2.05, 4.69) is 61.1 Å². The largest absolute Gasteiger partial charge is 0.381 e. The summed E-state index contributed by atoms with van der Waals surface area (Å²) in [5, 5.41) is 3.72. The lowest BCUT2D eigenvalue weighted by molar-refractivity contribution is 0.0608. The second-order valence-corrected chi connectivity index (χ2v) is 8.96. The van der Waals surface area contributed by atoms with Gasteiger partial charge in [0.05, 0.1) is 5.69 Å². The van der Waals surface area contributed by atoms with Crippen LogP contribution in [0.4, 0.5) is 5.69 Å². The normalized spacial score (nSPS) is 15.5. The summed E-state index contributed by atoms with van der Waals surface area (Å²) in [6.45, 7) is 9.44. The lowest BCUT2D eigenvalue weighted by Gasteiger charge is -2.25. The van der Waals surface area contributed by atoms with Crippen LogP contribution in [0.3, 0.4) is 0 Å². The molecule has 152 valence electrons. The smallest absolute Gasteiger partial charge is 0.172 e. The highest BCUT2D eigenvalue weighted by atomic mass is 32.1. The number of ether oxygens (including phenoxy) is 1. The second kappa shape index (κ2) is 8.62. The van der Waals surface area contributed by atoms with Gasteiger partial charge in [0.2, 0.25) is 0 Å². The second-order valence-electron chi connectivity index (χ2n) is 8.57. The fourth-order valence-corrected chi connectivity index (χ4v) is 3.76. The molecule has 0 radical (unpaired) electrons. The van der Waals surface area contributed by atoms with Gasteiger partial charge in [-0.25, -0.2) is 4.98 Å². The van der Waals surface area contributed by atoms with Crippen molar-refractivity contribution in [1.82, 2.24) is 14.9 Å². The van der Waals surface area contributed by atoms with Crippen LogP contribution in [0.5, 0.6) is 0 Å². The molecule has 1 aliphatic rings. The van der Waals surface area contributed by atoms with Crippen molar-refractivity contribution in [2.45, 2.75) is 45.6 Å². The Morgan fingerprint density at radius 3 is 2.68 bits per heavy atom. The maximum Gasteiger partial charge on any atom is 0.172 e. The van der Waals surface area contributed by atoms with Gasteiger partial charge in [-0.05, 0) is 43.1 Å². The van der Waals surface area contributed by atoms with Crippen molar-refractivity contribution < 1.29 is 4.74 Å². The zero-order valence-electron chi connectivity index (χ0n) is 17.7. The van der Waals surface area contributed by atoms with Gasteiger partial charge in [-0.15, -0.1) is 0 Å². The van der Waals surface area contributed by atoms with Crippen molar-refractivity contribution in [3.63, 3.8) is 0 Å². The Bertz CT molecular complexity index is 818. The maximum atomic E-state index is 5.53. The first-order chi connectivity index (χ1) is 13.3. The molecule has 1 fully saturated rings. The molecule has 1 N–H and O–H groups in total. The average molecular weight is 401 g/mol. The third kappa shape index (κ3) is 4.73. The zero-order valence-corrected chi connectivity index (χ0v) is 18.5. The Morgan fingerprint density at radius 2 is 2.04 bits per heavy atom. The third-order valence-electron chi connectivity index (χ3n) is 5.29. The summed E-state index contributed by atoms with van der Waals surface area (Å²) in [6.07, 6.45) is 4.46. The van der Waals surface area contributed by atoms with E-state index in [1.54, 1.807) is 0 Å². The summed E-state index contributed by atoms with van der Waals surface area (Å²) in [6, 6.07) is 8.40.